The third kappa shape index (κ3) is 2.72. The average molecular weight is 278 g/mol. The first-order valence-electron chi connectivity index (χ1n) is 7.02. The Balaban J connectivity index is 2.24. The monoisotopic (exact) mass is 278 g/mol. The molecule has 1 fully saturated rings. The summed E-state index contributed by atoms with van der Waals surface area (Å²) in [5, 5.41) is 9.52. The maximum Gasteiger partial charge on any atom is 0.338 e. The second-order valence-electron chi connectivity index (χ2n) is 5.20. The fourth-order valence-electron chi connectivity index (χ4n) is 2.74. The van der Waals surface area contributed by atoms with Crippen LogP contribution in [0.25, 0.3) is 0 Å². The Morgan fingerprint density at radius 2 is 2.30 bits per heavy atom. The molecule has 1 heterocycles. The van der Waals surface area contributed by atoms with Crippen LogP contribution >= 0.6 is 0 Å². The van der Waals surface area contributed by atoms with Gasteiger partial charge in [0.15, 0.2) is 0 Å². The topological polar surface area (TPSA) is 75.8 Å². The molecule has 5 heteroatoms. The van der Waals surface area contributed by atoms with Crippen molar-refractivity contribution in [1.29, 1.82) is 0 Å². The fourth-order valence-corrected chi connectivity index (χ4v) is 2.74. The van der Waals surface area contributed by atoms with E-state index in [-0.39, 0.29) is 18.6 Å². The van der Waals surface area contributed by atoms with Crippen LogP contribution in [0.4, 0.5) is 11.4 Å². The summed E-state index contributed by atoms with van der Waals surface area (Å²) in [5.41, 5.74) is 7.95. The third-order valence-corrected chi connectivity index (χ3v) is 3.92. The lowest BCUT2D eigenvalue weighted by Gasteiger charge is -2.28. The molecule has 0 aliphatic carbocycles. The second kappa shape index (κ2) is 6.13. The zero-order chi connectivity index (χ0) is 14.7. The van der Waals surface area contributed by atoms with Gasteiger partial charge >= 0.3 is 5.97 Å². The number of ether oxygens (including phenoxy) is 1. The van der Waals surface area contributed by atoms with Gasteiger partial charge in [-0.05, 0) is 37.5 Å². The van der Waals surface area contributed by atoms with Crippen molar-refractivity contribution in [3.8, 4) is 0 Å². The molecule has 0 spiro atoms. The number of aliphatic hydroxyl groups excluding tert-OH is 1. The van der Waals surface area contributed by atoms with E-state index >= 15 is 0 Å². The Hall–Kier alpha value is -1.75. The van der Waals surface area contributed by atoms with Gasteiger partial charge in [0.2, 0.25) is 0 Å². The lowest BCUT2D eigenvalue weighted by Crippen LogP contribution is -2.35. The molecule has 1 aliphatic heterocycles. The summed E-state index contributed by atoms with van der Waals surface area (Å²) in [6.45, 7) is 5.23. The van der Waals surface area contributed by atoms with E-state index in [1.54, 1.807) is 19.1 Å². The Bertz CT molecular complexity index is 490. The highest BCUT2D eigenvalue weighted by Gasteiger charge is 2.31. The van der Waals surface area contributed by atoms with Gasteiger partial charge in [0.25, 0.3) is 0 Å². The molecule has 20 heavy (non-hydrogen) atoms. The molecule has 0 radical (unpaired) electrons. The van der Waals surface area contributed by atoms with E-state index in [9.17, 15) is 9.90 Å². The van der Waals surface area contributed by atoms with Crippen molar-refractivity contribution in [3.05, 3.63) is 23.8 Å². The number of nitrogen functional groups attached to an aromatic ring is 1. The zero-order valence-corrected chi connectivity index (χ0v) is 12.0. The van der Waals surface area contributed by atoms with Crippen molar-refractivity contribution >= 4 is 17.3 Å². The average Bonchev–Trinajstić information content (AvgIpc) is 2.79. The molecule has 2 unspecified atom stereocenters. The number of nitrogens with zero attached hydrogens (tertiary/aromatic N) is 1. The molecule has 5 nitrogen and oxygen atoms in total. The van der Waals surface area contributed by atoms with E-state index in [0.717, 1.165) is 18.7 Å². The summed E-state index contributed by atoms with van der Waals surface area (Å²) in [6.07, 6.45) is 1.03. The number of carbonyl (C=O) groups is 1. The number of esters is 1. The highest BCUT2D eigenvalue weighted by atomic mass is 16.5. The number of aliphatic hydroxyl groups is 1. The van der Waals surface area contributed by atoms with Crippen LogP contribution in [0.15, 0.2) is 18.2 Å². The van der Waals surface area contributed by atoms with Crippen LogP contribution in [-0.4, -0.2) is 36.9 Å². The largest absolute Gasteiger partial charge is 0.462 e. The molecule has 2 atom stereocenters. The maximum atomic E-state index is 11.7. The van der Waals surface area contributed by atoms with Gasteiger partial charge in [0.1, 0.15) is 0 Å². The Morgan fingerprint density at radius 1 is 1.55 bits per heavy atom. The van der Waals surface area contributed by atoms with Crippen LogP contribution in [0.5, 0.6) is 0 Å². The summed E-state index contributed by atoms with van der Waals surface area (Å²) in [7, 11) is 0. The van der Waals surface area contributed by atoms with Crippen LogP contribution in [-0.2, 0) is 4.74 Å². The molecule has 0 aromatic heterocycles. The van der Waals surface area contributed by atoms with Crippen molar-refractivity contribution in [2.24, 2.45) is 5.92 Å². The minimum absolute atomic E-state index is 0.0887. The summed E-state index contributed by atoms with van der Waals surface area (Å²) in [5.74, 6) is 0.0726. The van der Waals surface area contributed by atoms with Crippen LogP contribution in [0.2, 0.25) is 0 Å². The van der Waals surface area contributed by atoms with Crippen molar-refractivity contribution in [1.82, 2.24) is 0 Å². The summed E-state index contributed by atoms with van der Waals surface area (Å²) >= 11 is 0. The minimum atomic E-state index is -0.362. The number of nitrogens with two attached hydrogens (primary N) is 1. The van der Waals surface area contributed by atoms with Gasteiger partial charge < -0.3 is 20.5 Å². The Labute approximate surface area is 119 Å². The molecular formula is C15H22N2O3. The summed E-state index contributed by atoms with van der Waals surface area (Å²) in [4.78, 5) is 13.8. The maximum absolute atomic E-state index is 11.7. The van der Waals surface area contributed by atoms with Gasteiger partial charge in [-0.1, -0.05) is 6.92 Å². The summed E-state index contributed by atoms with van der Waals surface area (Å²) in [6, 6.07) is 5.29. The van der Waals surface area contributed by atoms with Gasteiger partial charge in [-0.3, -0.25) is 0 Å². The summed E-state index contributed by atoms with van der Waals surface area (Å²) < 4.78 is 4.96. The number of hydrogen-bond donors (Lipinski definition) is 2. The molecule has 0 saturated carbocycles. The van der Waals surface area contributed by atoms with E-state index in [1.165, 1.54) is 0 Å². The van der Waals surface area contributed by atoms with E-state index in [1.807, 2.05) is 6.07 Å². The van der Waals surface area contributed by atoms with Crippen LogP contribution in [0, 0.1) is 5.92 Å². The van der Waals surface area contributed by atoms with E-state index in [0.29, 0.717) is 23.8 Å². The number of carbonyl (C=O) groups excluding carboxylic acids is 1. The first-order valence-corrected chi connectivity index (χ1v) is 7.02. The Morgan fingerprint density at radius 3 is 2.90 bits per heavy atom. The SMILES string of the molecule is CCOC(=O)c1ccc(N2CCC(C)C2CO)c(N)c1. The third-order valence-electron chi connectivity index (χ3n) is 3.92. The molecule has 2 rings (SSSR count). The van der Waals surface area contributed by atoms with E-state index in [2.05, 4.69) is 11.8 Å². The number of anilines is 2. The molecule has 1 saturated heterocycles. The Kier molecular flexibility index (Phi) is 4.49. The molecule has 3 N–H and O–H groups in total. The fraction of sp³-hybridized carbons (Fsp3) is 0.533. The molecule has 0 amide bonds. The van der Waals surface area contributed by atoms with Crippen LogP contribution < -0.4 is 10.6 Å². The number of benzene rings is 1. The van der Waals surface area contributed by atoms with Gasteiger partial charge in [0, 0.05) is 6.54 Å². The molecule has 0 bridgehead atoms. The predicted octanol–water partition coefficient (Wildman–Crippen LogP) is 1.65. The normalized spacial score (nSPS) is 22.1. The minimum Gasteiger partial charge on any atom is -0.462 e. The quantitative estimate of drug-likeness (QED) is 0.647. The van der Waals surface area contributed by atoms with Crippen molar-refractivity contribution in [3.63, 3.8) is 0 Å². The molecule has 1 aromatic carbocycles. The lowest BCUT2D eigenvalue weighted by atomic mass is 10.0. The van der Waals surface area contributed by atoms with Crippen molar-refractivity contribution in [2.45, 2.75) is 26.3 Å². The molecule has 110 valence electrons. The van der Waals surface area contributed by atoms with Gasteiger partial charge in [-0.15, -0.1) is 0 Å². The van der Waals surface area contributed by atoms with E-state index in [4.69, 9.17) is 10.5 Å². The molecule has 1 aliphatic rings. The van der Waals surface area contributed by atoms with E-state index < -0.39 is 0 Å². The smallest absolute Gasteiger partial charge is 0.338 e. The first kappa shape index (κ1) is 14.7. The zero-order valence-electron chi connectivity index (χ0n) is 12.0. The van der Waals surface area contributed by atoms with Gasteiger partial charge in [-0.2, -0.15) is 0 Å². The highest BCUT2D eigenvalue weighted by molar-refractivity contribution is 5.92. The van der Waals surface area contributed by atoms with Crippen molar-refractivity contribution in [2.75, 3.05) is 30.4 Å². The standard InChI is InChI=1S/C15H22N2O3/c1-3-20-15(19)11-4-5-13(12(16)8-11)17-7-6-10(2)14(17)9-18/h4-5,8,10,14,18H,3,6-7,9,16H2,1-2H3. The van der Waals surface area contributed by atoms with Crippen LogP contribution in [0.1, 0.15) is 30.6 Å². The molecule has 1 aromatic rings. The predicted molar refractivity (Wildman–Crippen MR) is 78.8 cm³/mol. The number of rotatable bonds is 4. The first-order chi connectivity index (χ1) is 9.58. The second-order valence-corrected chi connectivity index (χ2v) is 5.20. The highest BCUT2D eigenvalue weighted by Crippen LogP contribution is 2.33. The molecular weight excluding hydrogens is 256 g/mol. The van der Waals surface area contributed by atoms with Crippen molar-refractivity contribution < 1.29 is 14.6 Å². The van der Waals surface area contributed by atoms with Crippen LogP contribution in [0.3, 0.4) is 0 Å². The lowest BCUT2D eigenvalue weighted by molar-refractivity contribution is 0.0526. The number of hydrogen-bond acceptors (Lipinski definition) is 5. The van der Waals surface area contributed by atoms with Gasteiger partial charge in [0.05, 0.1) is 36.2 Å². The van der Waals surface area contributed by atoms with Gasteiger partial charge in [-0.25, -0.2) is 4.79 Å².